The molecular weight excluding hydrogens is 232 g/mol. The van der Waals surface area contributed by atoms with Crippen molar-refractivity contribution in [3.63, 3.8) is 0 Å². The van der Waals surface area contributed by atoms with Gasteiger partial charge in [0.1, 0.15) is 0 Å². The molecule has 0 radical (unpaired) electrons. The van der Waals surface area contributed by atoms with Crippen molar-refractivity contribution in [2.45, 2.75) is 10.6 Å². The molecule has 0 spiro atoms. The molecule has 0 aliphatic rings. The Bertz CT molecular complexity index is 509. The van der Waals surface area contributed by atoms with E-state index in [-0.39, 0.29) is 0 Å². The molecule has 0 heterocycles. The summed E-state index contributed by atoms with van der Waals surface area (Å²) in [4.78, 5) is 12.2. The minimum Gasteiger partial charge on any atom is -0.478 e. The zero-order valence-corrected chi connectivity index (χ0v) is 9.98. The Morgan fingerprint density at radius 1 is 1.00 bits per heavy atom. The molecule has 1 N–H and O–H groups in total. The number of carbonyl (C=O) groups is 1. The van der Waals surface area contributed by atoms with Gasteiger partial charge in [0.2, 0.25) is 0 Å². The molecular formula is C14H12O2S. The summed E-state index contributed by atoms with van der Waals surface area (Å²) in [5.41, 5.74) is 1.24. The van der Waals surface area contributed by atoms with Crippen LogP contribution in [0.25, 0.3) is 0 Å². The maximum atomic E-state index is 11.0. The SMILES string of the molecule is O=C(O)c1ccccc1CSc1ccccc1. The van der Waals surface area contributed by atoms with Crippen LogP contribution in [0, 0.1) is 0 Å². The molecule has 2 nitrogen and oxygen atoms in total. The Balaban J connectivity index is 2.12. The number of hydrogen-bond acceptors (Lipinski definition) is 2. The molecule has 2 aromatic rings. The highest BCUT2D eigenvalue weighted by Crippen LogP contribution is 2.24. The number of carboxylic acids is 1. The van der Waals surface area contributed by atoms with Gasteiger partial charge >= 0.3 is 5.97 Å². The topological polar surface area (TPSA) is 37.3 Å². The fraction of sp³-hybridized carbons (Fsp3) is 0.0714. The fourth-order valence-electron chi connectivity index (χ4n) is 1.53. The number of benzene rings is 2. The summed E-state index contributed by atoms with van der Waals surface area (Å²) in [6, 6.07) is 17.1. The lowest BCUT2D eigenvalue weighted by Crippen LogP contribution is -2.00. The van der Waals surface area contributed by atoms with Gasteiger partial charge in [0.05, 0.1) is 5.56 Å². The van der Waals surface area contributed by atoms with Crippen molar-refractivity contribution in [3.8, 4) is 0 Å². The lowest BCUT2D eigenvalue weighted by Gasteiger charge is -2.05. The smallest absolute Gasteiger partial charge is 0.335 e. The van der Waals surface area contributed by atoms with Crippen LogP contribution < -0.4 is 0 Å². The van der Waals surface area contributed by atoms with Crippen molar-refractivity contribution >= 4 is 17.7 Å². The highest BCUT2D eigenvalue weighted by atomic mass is 32.2. The Morgan fingerprint density at radius 2 is 1.65 bits per heavy atom. The van der Waals surface area contributed by atoms with Gasteiger partial charge in [-0.15, -0.1) is 11.8 Å². The summed E-state index contributed by atoms with van der Waals surface area (Å²) in [7, 11) is 0. The van der Waals surface area contributed by atoms with Crippen molar-refractivity contribution in [1.29, 1.82) is 0 Å². The number of hydrogen-bond donors (Lipinski definition) is 1. The lowest BCUT2D eigenvalue weighted by molar-refractivity contribution is 0.0696. The van der Waals surface area contributed by atoms with Gasteiger partial charge in [-0.3, -0.25) is 0 Å². The number of rotatable bonds is 4. The molecule has 2 aromatic carbocycles. The van der Waals surface area contributed by atoms with Crippen LogP contribution in [0.4, 0.5) is 0 Å². The molecule has 0 unspecified atom stereocenters. The third kappa shape index (κ3) is 3.11. The van der Waals surface area contributed by atoms with Crippen LogP contribution in [0.1, 0.15) is 15.9 Å². The molecule has 0 atom stereocenters. The minimum absolute atomic E-state index is 0.385. The first-order valence-electron chi connectivity index (χ1n) is 5.26. The van der Waals surface area contributed by atoms with Gasteiger partial charge in [0, 0.05) is 10.6 Å². The molecule has 0 aliphatic carbocycles. The van der Waals surface area contributed by atoms with Crippen LogP contribution in [0.5, 0.6) is 0 Å². The van der Waals surface area contributed by atoms with E-state index in [0.29, 0.717) is 11.3 Å². The van der Waals surface area contributed by atoms with E-state index in [0.717, 1.165) is 10.5 Å². The van der Waals surface area contributed by atoms with E-state index in [1.54, 1.807) is 23.9 Å². The summed E-state index contributed by atoms with van der Waals surface area (Å²) in [6.45, 7) is 0. The molecule has 2 rings (SSSR count). The minimum atomic E-state index is -0.866. The largest absolute Gasteiger partial charge is 0.478 e. The normalized spacial score (nSPS) is 10.1. The van der Waals surface area contributed by atoms with E-state index in [2.05, 4.69) is 0 Å². The molecule has 0 bridgehead atoms. The van der Waals surface area contributed by atoms with E-state index >= 15 is 0 Å². The molecule has 0 aromatic heterocycles. The average molecular weight is 244 g/mol. The number of aromatic carboxylic acids is 1. The van der Waals surface area contributed by atoms with E-state index in [1.165, 1.54) is 0 Å². The van der Waals surface area contributed by atoms with Gasteiger partial charge in [-0.2, -0.15) is 0 Å². The summed E-state index contributed by atoms with van der Waals surface area (Å²) < 4.78 is 0. The van der Waals surface area contributed by atoms with Crippen LogP contribution in [-0.4, -0.2) is 11.1 Å². The first kappa shape index (κ1) is 11.7. The van der Waals surface area contributed by atoms with Gasteiger partial charge in [0.15, 0.2) is 0 Å². The van der Waals surface area contributed by atoms with Crippen LogP contribution in [0.3, 0.4) is 0 Å². The van der Waals surface area contributed by atoms with Gasteiger partial charge in [-0.05, 0) is 23.8 Å². The summed E-state index contributed by atoms with van der Waals surface area (Å²) in [5, 5.41) is 9.05. The van der Waals surface area contributed by atoms with Crippen LogP contribution in [0.15, 0.2) is 59.5 Å². The maximum absolute atomic E-state index is 11.0. The maximum Gasteiger partial charge on any atom is 0.335 e. The molecule has 0 aliphatic heterocycles. The Morgan fingerprint density at radius 3 is 2.35 bits per heavy atom. The first-order chi connectivity index (χ1) is 8.27. The van der Waals surface area contributed by atoms with E-state index in [9.17, 15) is 4.79 Å². The Labute approximate surface area is 104 Å². The molecule has 0 amide bonds. The van der Waals surface area contributed by atoms with Crippen LogP contribution in [-0.2, 0) is 5.75 Å². The summed E-state index contributed by atoms with van der Waals surface area (Å²) in [5.74, 6) is -0.193. The molecule has 0 fully saturated rings. The van der Waals surface area contributed by atoms with Crippen molar-refractivity contribution in [3.05, 3.63) is 65.7 Å². The van der Waals surface area contributed by atoms with E-state index in [4.69, 9.17) is 5.11 Å². The zero-order chi connectivity index (χ0) is 12.1. The number of carboxylic acid groups (broad SMARTS) is 1. The van der Waals surface area contributed by atoms with Gasteiger partial charge < -0.3 is 5.11 Å². The first-order valence-corrected chi connectivity index (χ1v) is 6.25. The predicted molar refractivity (Wildman–Crippen MR) is 69.4 cm³/mol. The van der Waals surface area contributed by atoms with Gasteiger partial charge in [-0.25, -0.2) is 4.79 Å². The molecule has 86 valence electrons. The van der Waals surface area contributed by atoms with E-state index in [1.807, 2.05) is 42.5 Å². The van der Waals surface area contributed by atoms with Crippen molar-refractivity contribution in [2.75, 3.05) is 0 Å². The second-order valence-corrected chi connectivity index (χ2v) is 4.61. The molecule has 0 saturated carbocycles. The lowest BCUT2D eigenvalue weighted by atomic mass is 10.1. The van der Waals surface area contributed by atoms with Crippen molar-refractivity contribution in [2.24, 2.45) is 0 Å². The standard InChI is InChI=1S/C14H12O2S/c15-14(16)13-9-5-4-6-11(13)10-17-12-7-2-1-3-8-12/h1-9H,10H2,(H,15,16). The third-order valence-electron chi connectivity index (χ3n) is 2.39. The van der Waals surface area contributed by atoms with Crippen LogP contribution >= 0.6 is 11.8 Å². The second kappa shape index (κ2) is 5.55. The monoisotopic (exact) mass is 244 g/mol. The van der Waals surface area contributed by atoms with E-state index < -0.39 is 5.97 Å². The van der Waals surface area contributed by atoms with Gasteiger partial charge in [0.25, 0.3) is 0 Å². The fourth-order valence-corrected chi connectivity index (χ4v) is 2.46. The molecule has 0 saturated heterocycles. The van der Waals surface area contributed by atoms with Crippen molar-refractivity contribution < 1.29 is 9.90 Å². The Hall–Kier alpha value is -1.74. The van der Waals surface area contributed by atoms with Gasteiger partial charge in [-0.1, -0.05) is 36.4 Å². The highest BCUT2D eigenvalue weighted by molar-refractivity contribution is 7.98. The van der Waals surface area contributed by atoms with Crippen molar-refractivity contribution in [1.82, 2.24) is 0 Å². The summed E-state index contributed by atoms with van der Waals surface area (Å²) >= 11 is 1.64. The second-order valence-electron chi connectivity index (χ2n) is 3.56. The Kier molecular flexibility index (Phi) is 3.83. The number of thioether (sulfide) groups is 1. The summed E-state index contributed by atoms with van der Waals surface area (Å²) in [6.07, 6.45) is 0. The molecule has 3 heteroatoms. The highest BCUT2D eigenvalue weighted by Gasteiger charge is 2.08. The van der Waals surface area contributed by atoms with Crippen LogP contribution in [0.2, 0.25) is 0 Å². The molecule has 17 heavy (non-hydrogen) atoms. The zero-order valence-electron chi connectivity index (χ0n) is 9.17. The predicted octanol–water partition coefficient (Wildman–Crippen LogP) is 3.68. The average Bonchev–Trinajstić information content (AvgIpc) is 2.38. The quantitative estimate of drug-likeness (QED) is 0.834. The third-order valence-corrected chi connectivity index (χ3v) is 3.45.